The van der Waals surface area contributed by atoms with Crippen molar-refractivity contribution in [2.45, 2.75) is 13.0 Å². The molecule has 6 nitrogen and oxygen atoms in total. The van der Waals surface area contributed by atoms with Crippen LogP contribution >= 0.6 is 0 Å². The van der Waals surface area contributed by atoms with Crippen LogP contribution in [0.1, 0.15) is 6.92 Å². The molecule has 1 amide bonds. The number of ether oxygens (including phenoxy) is 2. The lowest BCUT2D eigenvalue weighted by Gasteiger charge is -2.34. The molecule has 1 aliphatic rings. The minimum atomic E-state index is -0.644. The summed E-state index contributed by atoms with van der Waals surface area (Å²) in [6.45, 7) is 5.32. The van der Waals surface area contributed by atoms with Crippen LogP contribution in [0.15, 0.2) is 24.3 Å². The molecule has 0 saturated carbocycles. The van der Waals surface area contributed by atoms with Crippen LogP contribution in [0.5, 0.6) is 5.75 Å². The highest BCUT2D eigenvalue weighted by Gasteiger charge is 2.23. The van der Waals surface area contributed by atoms with Crippen LogP contribution in [0.2, 0.25) is 0 Å². The summed E-state index contributed by atoms with van der Waals surface area (Å²) >= 11 is 0. The van der Waals surface area contributed by atoms with Gasteiger partial charge in [0.25, 0.3) is 0 Å². The van der Waals surface area contributed by atoms with Crippen molar-refractivity contribution in [2.75, 3.05) is 45.9 Å². The van der Waals surface area contributed by atoms with Crippen molar-refractivity contribution in [1.29, 1.82) is 0 Å². The lowest BCUT2D eigenvalue weighted by Crippen LogP contribution is -2.51. The van der Waals surface area contributed by atoms with Crippen molar-refractivity contribution in [2.24, 2.45) is 0 Å². The molecule has 1 aliphatic heterocycles. The van der Waals surface area contributed by atoms with Crippen molar-refractivity contribution in [1.82, 2.24) is 9.80 Å². The molecule has 0 bridgehead atoms. The minimum absolute atomic E-state index is 0.143. The summed E-state index contributed by atoms with van der Waals surface area (Å²) in [7, 11) is 0. The first-order valence-corrected chi connectivity index (χ1v) is 7.79. The number of carbonyl (C=O) groups excluding carboxylic acids is 1. The van der Waals surface area contributed by atoms with Gasteiger partial charge in [-0.25, -0.2) is 9.18 Å². The molecule has 0 spiro atoms. The molecule has 0 aliphatic carbocycles. The van der Waals surface area contributed by atoms with E-state index in [9.17, 15) is 14.3 Å². The standard InChI is InChI=1S/C16H23FN2O4/c1-2-22-16(21)19-9-7-18(8-10-19)11-14(20)12-23-15-5-3-13(17)4-6-15/h3-6,14,20H,2,7-12H2,1H3. The number of amides is 1. The zero-order chi connectivity index (χ0) is 16.7. The van der Waals surface area contributed by atoms with Crippen LogP contribution in [-0.2, 0) is 4.74 Å². The molecular weight excluding hydrogens is 303 g/mol. The number of aliphatic hydroxyl groups is 1. The molecule has 0 aromatic heterocycles. The molecule has 1 aromatic carbocycles. The summed E-state index contributed by atoms with van der Waals surface area (Å²) in [4.78, 5) is 15.3. The monoisotopic (exact) mass is 326 g/mol. The maximum Gasteiger partial charge on any atom is 0.409 e. The number of rotatable bonds is 6. The van der Waals surface area contributed by atoms with E-state index in [4.69, 9.17) is 9.47 Å². The van der Waals surface area contributed by atoms with E-state index in [-0.39, 0.29) is 18.5 Å². The first-order valence-electron chi connectivity index (χ1n) is 7.79. The molecule has 2 rings (SSSR count). The van der Waals surface area contributed by atoms with Crippen LogP contribution in [0.25, 0.3) is 0 Å². The molecule has 128 valence electrons. The average molecular weight is 326 g/mol. The Balaban J connectivity index is 1.67. The van der Waals surface area contributed by atoms with E-state index in [1.54, 1.807) is 11.8 Å². The van der Waals surface area contributed by atoms with Gasteiger partial charge < -0.3 is 19.5 Å². The molecular formula is C16H23FN2O4. The lowest BCUT2D eigenvalue weighted by atomic mass is 10.2. The van der Waals surface area contributed by atoms with Gasteiger partial charge in [-0.15, -0.1) is 0 Å². The van der Waals surface area contributed by atoms with E-state index in [1.165, 1.54) is 24.3 Å². The van der Waals surface area contributed by atoms with Gasteiger partial charge in [0.15, 0.2) is 0 Å². The van der Waals surface area contributed by atoms with Gasteiger partial charge in [0, 0.05) is 32.7 Å². The topological polar surface area (TPSA) is 62.2 Å². The third-order valence-electron chi connectivity index (χ3n) is 3.62. The van der Waals surface area contributed by atoms with E-state index in [1.807, 2.05) is 0 Å². The predicted molar refractivity (Wildman–Crippen MR) is 82.9 cm³/mol. The summed E-state index contributed by atoms with van der Waals surface area (Å²) in [5, 5.41) is 10.0. The summed E-state index contributed by atoms with van der Waals surface area (Å²) < 4.78 is 23.2. The molecule has 23 heavy (non-hydrogen) atoms. The molecule has 1 fully saturated rings. The third kappa shape index (κ3) is 5.69. The number of carbonyl (C=O) groups is 1. The Morgan fingerprint density at radius 3 is 2.52 bits per heavy atom. The van der Waals surface area contributed by atoms with E-state index in [0.717, 1.165) is 0 Å². The molecule has 0 radical (unpaired) electrons. The number of aliphatic hydroxyl groups excluding tert-OH is 1. The molecule has 1 heterocycles. The lowest BCUT2D eigenvalue weighted by molar-refractivity contribution is 0.0407. The molecule has 1 atom stereocenters. The number of nitrogens with zero attached hydrogens (tertiary/aromatic N) is 2. The zero-order valence-corrected chi connectivity index (χ0v) is 13.3. The Morgan fingerprint density at radius 1 is 1.26 bits per heavy atom. The first kappa shape index (κ1) is 17.5. The van der Waals surface area contributed by atoms with Gasteiger partial charge in [-0.1, -0.05) is 0 Å². The van der Waals surface area contributed by atoms with Crippen LogP contribution in [0.4, 0.5) is 9.18 Å². The number of hydrogen-bond acceptors (Lipinski definition) is 5. The van der Waals surface area contributed by atoms with Crippen molar-refractivity contribution < 1.29 is 23.8 Å². The first-order chi connectivity index (χ1) is 11.1. The second kappa shape index (κ2) is 8.69. The largest absolute Gasteiger partial charge is 0.491 e. The highest BCUT2D eigenvalue weighted by atomic mass is 19.1. The summed E-state index contributed by atoms with van der Waals surface area (Å²) in [5.74, 6) is 0.204. The van der Waals surface area contributed by atoms with Gasteiger partial charge in [0.2, 0.25) is 0 Å². The summed E-state index contributed by atoms with van der Waals surface area (Å²) in [6, 6.07) is 5.69. The normalized spacial score (nSPS) is 16.9. The third-order valence-corrected chi connectivity index (χ3v) is 3.62. The molecule has 1 unspecified atom stereocenters. The Labute approximate surface area is 135 Å². The Bertz CT molecular complexity index is 489. The van der Waals surface area contributed by atoms with Crippen molar-refractivity contribution in [3.05, 3.63) is 30.1 Å². The van der Waals surface area contributed by atoms with Gasteiger partial charge >= 0.3 is 6.09 Å². The van der Waals surface area contributed by atoms with Gasteiger partial charge in [-0.2, -0.15) is 0 Å². The predicted octanol–water partition coefficient (Wildman–Crippen LogP) is 1.34. The highest BCUT2D eigenvalue weighted by Crippen LogP contribution is 2.12. The summed E-state index contributed by atoms with van der Waals surface area (Å²) in [6.07, 6.45) is -0.929. The number of β-amino-alcohol motifs (C(OH)–C–C–N with tert-alkyl or cyclic N) is 1. The van der Waals surface area contributed by atoms with Crippen molar-refractivity contribution in [3.63, 3.8) is 0 Å². The number of benzene rings is 1. The van der Waals surface area contributed by atoms with Crippen LogP contribution in [0, 0.1) is 5.82 Å². The fourth-order valence-electron chi connectivity index (χ4n) is 2.40. The zero-order valence-electron chi connectivity index (χ0n) is 13.3. The Morgan fingerprint density at radius 2 is 1.91 bits per heavy atom. The fraction of sp³-hybridized carbons (Fsp3) is 0.562. The maximum absolute atomic E-state index is 12.8. The number of piperazine rings is 1. The van der Waals surface area contributed by atoms with E-state index in [0.29, 0.717) is 45.1 Å². The molecule has 1 saturated heterocycles. The van der Waals surface area contributed by atoms with Gasteiger partial charge in [0.05, 0.1) is 6.61 Å². The molecule has 1 aromatic rings. The van der Waals surface area contributed by atoms with Crippen LogP contribution in [-0.4, -0.2) is 73.0 Å². The van der Waals surface area contributed by atoms with Gasteiger partial charge in [0.1, 0.15) is 24.3 Å². The van der Waals surface area contributed by atoms with E-state index < -0.39 is 6.10 Å². The minimum Gasteiger partial charge on any atom is -0.491 e. The summed E-state index contributed by atoms with van der Waals surface area (Å²) in [5.41, 5.74) is 0. The SMILES string of the molecule is CCOC(=O)N1CCN(CC(O)COc2ccc(F)cc2)CC1. The van der Waals surface area contributed by atoms with Crippen molar-refractivity contribution in [3.8, 4) is 5.75 Å². The molecule has 1 N–H and O–H groups in total. The van der Waals surface area contributed by atoms with E-state index >= 15 is 0 Å². The van der Waals surface area contributed by atoms with Crippen molar-refractivity contribution >= 4 is 6.09 Å². The second-order valence-corrected chi connectivity index (χ2v) is 5.41. The Hall–Kier alpha value is -1.86. The van der Waals surface area contributed by atoms with E-state index in [2.05, 4.69) is 4.90 Å². The van der Waals surface area contributed by atoms with Crippen LogP contribution < -0.4 is 4.74 Å². The highest BCUT2D eigenvalue weighted by molar-refractivity contribution is 5.67. The fourth-order valence-corrected chi connectivity index (χ4v) is 2.40. The maximum atomic E-state index is 12.8. The Kier molecular flexibility index (Phi) is 6.61. The quantitative estimate of drug-likeness (QED) is 0.855. The van der Waals surface area contributed by atoms with Crippen LogP contribution in [0.3, 0.4) is 0 Å². The van der Waals surface area contributed by atoms with Gasteiger partial charge in [-0.3, -0.25) is 4.90 Å². The second-order valence-electron chi connectivity index (χ2n) is 5.41. The number of hydrogen-bond donors (Lipinski definition) is 1. The van der Waals surface area contributed by atoms with Gasteiger partial charge in [-0.05, 0) is 31.2 Å². The molecule has 7 heteroatoms. The smallest absolute Gasteiger partial charge is 0.409 e. The number of halogens is 1. The average Bonchev–Trinajstić information content (AvgIpc) is 2.55.